The fourth-order valence-electron chi connectivity index (χ4n) is 4.90. The minimum absolute atomic E-state index is 0.185. The van der Waals surface area contributed by atoms with Crippen molar-refractivity contribution < 1.29 is 14.6 Å². The van der Waals surface area contributed by atoms with Gasteiger partial charge in [-0.25, -0.2) is 0 Å². The van der Waals surface area contributed by atoms with Gasteiger partial charge >= 0.3 is 0 Å². The first-order chi connectivity index (χ1) is 16.1. The molecule has 4 rings (SSSR count). The van der Waals surface area contributed by atoms with Crippen molar-refractivity contribution in [1.82, 2.24) is 14.7 Å². The minimum atomic E-state index is -0.973. The lowest BCUT2D eigenvalue weighted by molar-refractivity contribution is -0.0199. The SMILES string of the molecule is [B]C([B])Oc1cc(NC(=O)c2cn(C)nc2C2CCC2)ccc1CN1CCCC(C(C)(C)O)C1. The molecule has 0 bridgehead atoms. The van der Waals surface area contributed by atoms with Crippen molar-refractivity contribution in [1.29, 1.82) is 0 Å². The van der Waals surface area contributed by atoms with Crippen molar-refractivity contribution in [2.45, 2.75) is 69.9 Å². The van der Waals surface area contributed by atoms with E-state index in [0.717, 1.165) is 50.0 Å². The van der Waals surface area contributed by atoms with E-state index in [0.29, 0.717) is 29.5 Å². The molecule has 1 aromatic heterocycles. The summed E-state index contributed by atoms with van der Waals surface area (Å²) in [6.45, 7) is 6.15. The number of benzene rings is 1. The first kappa shape index (κ1) is 24.9. The van der Waals surface area contributed by atoms with Gasteiger partial charge in [0.1, 0.15) is 21.4 Å². The van der Waals surface area contributed by atoms with E-state index in [9.17, 15) is 9.90 Å². The smallest absolute Gasteiger partial charge is 0.259 e. The first-order valence-electron chi connectivity index (χ1n) is 12.2. The third-order valence-electron chi connectivity index (χ3n) is 7.08. The van der Waals surface area contributed by atoms with Crippen molar-refractivity contribution in [2.24, 2.45) is 13.0 Å². The van der Waals surface area contributed by atoms with Crippen LogP contribution >= 0.6 is 0 Å². The molecule has 1 unspecified atom stereocenters. The molecule has 0 spiro atoms. The Balaban J connectivity index is 1.50. The number of anilines is 1. The van der Waals surface area contributed by atoms with Crippen LogP contribution in [0.2, 0.25) is 0 Å². The van der Waals surface area contributed by atoms with Crippen LogP contribution in [0.25, 0.3) is 0 Å². The van der Waals surface area contributed by atoms with Crippen LogP contribution in [0.1, 0.15) is 73.5 Å². The Morgan fingerprint density at radius 2 is 2.06 bits per heavy atom. The molecular weight excluding hydrogens is 426 g/mol. The molecule has 2 heterocycles. The number of aromatic nitrogens is 2. The predicted octanol–water partition coefficient (Wildman–Crippen LogP) is 2.92. The number of piperidine rings is 1. The van der Waals surface area contributed by atoms with Crippen LogP contribution in [0.4, 0.5) is 5.69 Å². The Morgan fingerprint density at radius 1 is 1.29 bits per heavy atom. The number of ether oxygens (including phenoxy) is 1. The highest BCUT2D eigenvalue weighted by Gasteiger charge is 2.32. The van der Waals surface area contributed by atoms with E-state index in [1.54, 1.807) is 16.9 Å². The molecule has 7 nitrogen and oxygen atoms in total. The number of hydrogen-bond acceptors (Lipinski definition) is 5. The highest BCUT2D eigenvalue weighted by molar-refractivity contribution is 6.34. The van der Waals surface area contributed by atoms with Gasteiger partial charge in [0, 0.05) is 55.5 Å². The lowest BCUT2D eigenvalue weighted by Crippen LogP contribution is -2.44. The summed E-state index contributed by atoms with van der Waals surface area (Å²) in [6, 6.07) is 5.59. The van der Waals surface area contributed by atoms with Crippen LogP contribution in [-0.4, -0.2) is 66.0 Å². The summed E-state index contributed by atoms with van der Waals surface area (Å²) >= 11 is 0. The van der Waals surface area contributed by atoms with Gasteiger partial charge in [0.15, 0.2) is 0 Å². The topological polar surface area (TPSA) is 79.6 Å². The van der Waals surface area contributed by atoms with E-state index in [2.05, 4.69) is 15.3 Å². The second-order valence-electron chi connectivity index (χ2n) is 10.3. The number of nitrogens with zero attached hydrogens (tertiary/aromatic N) is 3. The Morgan fingerprint density at radius 3 is 2.71 bits per heavy atom. The molecule has 1 amide bonds. The zero-order valence-electron chi connectivity index (χ0n) is 20.5. The predicted molar refractivity (Wildman–Crippen MR) is 134 cm³/mol. The van der Waals surface area contributed by atoms with Gasteiger partial charge in [-0.1, -0.05) is 12.5 Å². The minimum Gasteiger partial charge on any atom is -0.509 e. The lowest BCUT2D eigenvalue weighted by Gasteiger charge is -2.39. The summed E-state index contributed by atoms with van der Waals surface area (Å²) in [6.07, 6.45) is 7.15. The summed E-state index contributed by atoms with van der Waals surface area (Å²) < 4.78 is 7.41. The Kier molecular flexibility index (Phi) is 7.43. The average Bonchev–Trinajstić information content (AvgIpc) is 3.09. The number of likely N-dealkylation sites (tertiary alicyclic amines) is 1. The Hall–Kier alpha value is -2.25. The van der Waals surface area contributed by atoms with Gasteiger partial charge in [0.05, 0.1) is 16.9 Å². The monoisotopic (exact) mass is 460 g/mol. The van der Waals surface area contributed by atoms with Crippen molar-refractivity contribution in [2.75, 3.05) is 18.4 Å². The number of nitrogens with one attached hydrogen (secondary N) is 1. The molecule has 2 aromatic rings. The van der Waals surface area contributed by atoms with Crippen molar-refractivity contribution in [3.05, 3.63) is 41.2 Å². The second kappa shape index (κ2) is 10.2. The van der Waals surface area contributed by atoms with E-state index in [-0.39, 0.29) is 11.8 Å². The van der Waals surface area contributed by atoms with Crippen molar-refractivity contribution in [3.8, 4) is 5.75 Å². The summed E-state index contributed by atoms with van der Waals surface area (Å²) in [5.41, 5.74) is 2.32. The lowest BCUT2D eigenvalue weighted by atomic mass is 9.81. The molecule has 4 radical (unpaired) electrons. The number of hydrogen-bond donors (Lipinski definition) is 2. The average molecular weight is 460 g/mol. The molecule has 1 aromatic carbocycles. The van der Waals surface area contributed by atoms with E-state index in [4.69, 9.17) is 20.4 Å². The first-order valence-corrected chi connectivity index (χ1v) is 12.2. The van der Waals surface area contributed by atoms with Crippen LogP contribution in [0.3, 0.4) is 0 Å². The van der Waals surface area contributed by atoms with Crippen LogP contribution in [0.5, 0.6) is 5.75 Å². The summed E-state index contributed by atoms with van der Waals surface area (Å²) in [4.78, 5) is 15.4. The van der Waals surface area contributed by atoms with Gasteiger partial charge in [-0.2, -0.15) is 5.10 Å². The Bertz CT molecular complexity index is 1010. The van der Waals surface area contributed by atoms with Crippen molar-refractivity contribution >= 4 is 27.3 Å². The molecule has 1 saturated heterocycles. The molecule has 9 heteroatoms. The normalized spacial score (nSPS) is 19.7. The highest BCUT2D eigenvalue weighted by Crippen LogP contribution is 2.37. The number of carbonyl (C=O) groups is 1. The number of amides is 1. The van der Waals surface area contributed by atoms with E-state index >= 15 is 0 Å². The number of carbonyl (C=O) groups excluding carboxylic acids is 1. The molecule has 1 saturated carbocycles. The second-order valence-corrected chi connectivity index (χ2v) is 10.3. The number of aryl methyl sites for hydroxylation is 1. The van der Waals surface area contributed by atoms with Crippen LogP contribution < -0.4 is 10.1 Å². The summed E-state index contributed by atoms with van der Waals surface area (Å²) in [5, 5.41) is 18.0. The fraction of sp³-hybridized carbons (Fsp3) is 0.600. The quantitative estimate of drug-likeness (QED) is 0.593. The molecule has 2 fully saturated rings. The largest absolute Gasteiger partial charge is 0.509 e. The number of rotatable bonds is 8. The molecule has 1 aliphatic heterocycles. The zero-order chi connectivity index (χ0) is 24.5. The molecule has 178 valence electrons. The van der Waals surface area contributed by atoms with Gasteiger partial charge in [-0.05, 0) is 58.1 Å². The van der Waals surface area contributed by atoms with E-state index < -0.39 is 11.5 Å². The van der Waals surface area contributed by atoms with E-state index in [1.165, 1.54) is 6.42 Å². The molecule has 34 heavy (non-hydrogen) atoms. The van der Waals surface area contributed by atoms with Crippen LogP contribution in [-0.2, 0) is 13.6 Å². The van der Waals surface area contributed by atoms with E-state index in [1.807, 2.05) is 33.0 Å². The van der Waals surface area contributed by atoms with Gasteiger partial charge in [0.25, 0.3) is 5.91 Å². The molecule has 2 N–H and O–H groups in total. The van der Waals surface area contributed by atoms with Crippen LogP contribution in [0.15, 0.2) is 24.4 Å². The molecule has 1 aliphatic carbocycles. The standard InChI is InChI=1S/C25H34B2N4O3/c1-25(2,33)18-8-5-11-31(14-18)13-17-9-10-19(12-21(17)34-24(26)27)28-23(32)20-15-30(3)29-22(20)16-6-4-7-16/h9-10,12,15-16,18,24,33H,4-8,11,13-14H2,1-3H3,(H,28,32). The van der Waals surface area contributed by atoms with Gasteiger partial charge in [0.2, 0.25) is 0 Å². The third kappa shape index (κ3) is 5.87. The highest BCUT2D eigenvalue weighted by atomic mass is 16.5. The molecular formula is C25H34B2N4O3. The zero-order valence-corrected chi connectivity index (χ0v) is 20.5. The molecule has 1 atom stereocenters. The van der Waals surface area contributed by atoms with Gasteiger partial charge < -0.3 is 15.2 Å². The van der Waals surface area contributed by atoms with Gasteiger partial charge in [-0.3, -0.25) is 14.4 Å². The van der Waals surface area contributed by atoms with Crippen molar-refractivity contribution in [3.63, 3.8) is 0 Å². The molecule has 2 aliphatic rings. The Labute approximate surface area is 205 Å². The van der Waals surface area contributed by atoms with Crippen LogP contribution in [0, 0.1) is 5.92 Å². The third-order valence-corrected chi connectivity index (χ3v) is 7.08. The maximum Gasteiger partial charge on any atom is 0.259 e. The summed E-state index contributed by atoms with van der Waals surface area (Å²) in [5.74, 6) is -0.0434. The summed E-state index contributed by atoms with van der Waals surface area (Å²) in [7, 11) is 13.3. The maximum atomic E-state index is 13.1. The fourth-order valence-corrected chi connectivity index (χ4v) is 4.90. The number of aliphatic hydroxyl groups is 1. The van der Waals surface area contributed by atoms with Gasteiger partial charge in [-0.15, -0.1) is 0 Å². The maximum absolute atomic E-state index is 13.1.